The summed E-state index contributed by atoms with van der Waals surface area (Å²) in [6, 6.07) is 7.34. The van der Waals surface area contributed by atoms with E-state index in [-0.39, 0.29) is 11.6 Å². The molecule has 8 nitrogen and oxygen atoms in total. The fourth-order valence-corrected chi connectivity index (χ4v) is 1.96. The Bertz CT molecular complexity index is 858. The Balaban J connectivity index is 3.27. The van der Waals surface area contributed by atoms with E-state index in [9.17, 15) is 40.0 Å². The van der Waals surface area contributed by atoms with Gasteiger partial charge < -0.3 is 14.8 Å². The summed E-state index contributed by atoms with van der Waals surface area (Å²) in [5, 5.41) is -3.55. The van der Waals surface area contributed by atoms with Crippen LogP contribution < -0.4 is 5.32 Å². The fourth-order valence-electron chi connectivity index (χ4n) is 1.75. The number of halogens is 5. The Hall–Kier alpha value is -2.58. The van der Waals surface area contributed by atoms with E-state index in [1.54, 1.807) is 11.4 Å². The molecule has 2 N–H and O–H groups in total. The number of ether oxygens (including phenoxy) is 2. The average molecular weight is 447 g/mol. The van der Waals surface area contributed by atoms with Gasteiger partial charge in [0.15, 0.2) is 0 Å². The zero-order chi connectivity index (χ0) is 22.5. The van der Waals surface area contributed by atoms with Crippen molar-refractivity contribution >= 4 is 22.0 Å². The quantitative estimate of drug-likeness (QED) is 0.195. The lowest BCUT2D eigenvalue weighted by molar-refractivity contribution is -0.352. The standard InChI is InChI=1S/C15H14F5NO7S/c1-2-11(22)28-14(15(18,19)20,27-9-13(16,17)29(24,25)26)12(23)21-8-10-6-4-3-5-7-10/h2-7H,1,8-9H2,(H,21,23)(H,24,25,26). The lowest BCUT2D eigenvalue weighted by Crippen LogP contribution is -2.62. The molecule has 0 aliphatic rings. The normalized spacial score (nSPS) is 14.6. The molecule has 1 unspecified atom stereocenters. The van der Waals surface area contributed by atoms with Crippen LogP contribution in [0.5, 0.6) is 0 Å². The molecule has 0 aliphatic heterocycles. The predicted molar refractivity (Wildman–Crippen MR) is 85.8 cm³/mol. The minimum Gasteiger partial charge on any atom is -0.412 e. The van der Waals surface area contributed by atoms with Crippen molar-refractivity contribution in [2.45, 2.75) is 23.8 Å². The van der Waals surface area contributed by atoms with E-state index in [0.717, 1.165) is 0 Å². The van der Waals surface area contributed by atoms with Crippen LogP contribution in [-0.4, -0.2) is 48.7 Å². The zero-order valence-electron chi connectivity index (χ0n) is 14.3. The van der Waals surface area contributed by atoms with Crippen molar-refractivity contribution in [1.29, 1.82) is 0 Å². The highest BCUT2D eigenvalue weighted by atomic mass is 32.2. The van der Waals surface area contributed by atoms with Gasteiger partial charge in [0.05, 0.1) is 0 Å². The molecule has 14 heteroatoms. The summed E-state index contributed by atoms with van der Waals surface area (Å²) in [5.41, 5.74) is 0.287. The molecule has 0 saturated heterocycles. The third-order valence-corrected chi connectivity index (χ3v) is 4.07. The molecule has 0 bridgehead atoms. The number of carbonyl (C=O) groups is 2. The van der Waals surface area contributed by atoms with Crippen LogP contribution in [0.25, 0.3) is 0 Å². The van der Waals surface area contributed by atoms with Gasteiger partial charge in [-0.3, -0.25) is 9.35 Å². The molecular weight excluding hydrogens is 433 g/mol. The van der Waals surface area contributed by atoms with Crippen LogP contribution >= 0.6 is 0 Å². The number of nitrogens with one attached hydrogen (secondary N) is 1. The van der Waals surface area contributed by atoms with Crippen LogP contribution in [0.3, 0.4) is 0 Å². The smallest absolute Gasteiger partial charge is 0.412 e. The topological polar surface area (TPSA) is 119 Å². The number of amides is 1. The molecule has 1 atom stereocenters. The van der Waals surface area contributed by atoms with Crippen molar-refractivity contribution in [3.63, 3.8) is 0 Å². The summed E-state index contributed by atoms with van der Waals surface area (Å²) in [5.74, 6) is -8.76. The monoisotopic (exact) mass is 447 g/mol. The molecule has 0 heterocycles. The Kier molecular flexibility index (Phi) is 7.45. The van der Waals surface area contributed by atoms with Crippen molar-refractivity contribution in [1.82, 2.24) is 5.32 Å². The Morgan fingerprint density at radius 1 is 1.14 bits per heavy atom. The van der Waals surface area contributed by atoms with Gasteiger partial charge in [-0.05, 0) is 5.56 Å². The fraction of sp³-hybridized carbons (Fsp3) is 0.333. The second kappa shape index (κ2) is 8.84. The van der Waals surface area contributed by atoms with Crippen LogP contribution in [0.2, 0.25) is 0 Å². The van der Waals surface area contributed by atoms with E-state index >= 15 is 0 Å². The van der Waals surface area contributed by atoms with Gasteiger partial charge in [-0.15, -0.1) is 0 Å². The summed E-state index contributed by atoms with van der Waals surface area (Å²) in [7, 11) is -6.20. The summed E-state index contributed by atoms with van der Waals surface area (Å²) in [6.45, 7) is -0.398. The minimum absolute atomic E-state index is 0.190. The molecule has 0 radical (unpaired) electrons. The highest BCUT2D eigenvalue weighted by Crippen LogP contribution is 2.37. The van der Waals surface area contributed by atoms with Gasteiger partial charge in [0.1, 0.15) is 6.61 Å². The van der Waals surface area contributed by atoms with Crippen LogP contribution in [0.1, 0.15) is 5.56 Å². The molecule has 1 rings (SSSR count). The number of hydrogen-bond donors (Lipinski definition) is 2. The van der Waals surface area contributed by atoms with E-state index in [2.05, 4.69) is 16.1 Å². The van der Waals surface area contributed by atoms with E-state index < -0.39 is 52.4 Å². The maximum atomic E-state index is 13.6. The SMILES string of the molecule is C=CC(=O)OC(OCC(F)(F)S(=O)(=O)O)(C(=O)NCc1ccccc1)C(F)(F)F. The van der Waals surface area contributed by atoms with E-state index in [4.69, 9.17) is 4.55 Å². The van der Waals surface area contributed by atoms with Gasteiger partial charge in [0.2, 0.25) is 0 Å². The number of carbonyl (C=O) groups excluding carboxylic acids is 2. The molecule has 0 fully saturated rings. The van der Waals surface area contributed by atoms with Gasteiger partial charge in [-0.1, -0.05) is 36.9 Å². The lowest BCUT2D eigenvalue weighted by Gasteiger charge is -2.33. The maximum Gasteiger partial charge on any atom is 0.466 e. The largest absolute Gasteiger partial charge is 0.466 e. The average Bonchev–Trinajstić information content (AvgIpc) is 2.61. The van der Waals surface area contributed by atoms with Crippen molar-refractivity contribution in [3.8, 4) is 0 Å². The predicted octanol–water partition coefficient (Wildman–Crippen LogP) is 1.79. The molecule has 1 amide bonds. The number of benzene rings is 1. The molecule has 0 aliphatic carbocycles. The first-order valence-electron chi connectivity index (χ1n) is 7.39. The van der Waals surface area contributed by atoms with Gasteiger partial charge in [0, 0.05) is 12.6 Å². The summed E-state index contributed by atoms with van der Waals surface area (Å²) in [4.78, 5) is 23.5. The minimum atomic E-state index is -6.20. The van der Waals surface area contributed by atoms with Crippen molar-refractivity contribution in [2.75, 3.05) is 6.61 Å². The molecular formula is C15H14F5NO7S. The summed E-state index contributed by atoms with van der Waals surface area (Å²) < 4.78 is 105. The van der Waals surface area contributed by atoms with Crippen LogP contribution in [0.15, 0.2) is 43.0 Å². The first-order chi connectivity index (χ1) is 13.2. The molecule has 1 aromatic rings. The molecule has 162 valence electrons. The number of esters is 1. The molecule has 0 aromatic heterocycles. The molecule has 0 spiro atoms. The van der Waals surface area contributed by atoms with Gasteiger partial charge in [-0.25, -0.2) is 4.79 Å². The highest BCUT2D eigenvalue weighted by molar-refractivity contribution is 7.86. The summed E-state index contributed by atoms with van der Waals surface area (Å²) >= 11 is 0. The number of hydrogen-bond acceptors (Lipinski definition) is 6. The lowest BCUT2D eigenvalue weighted by atomic mass is 10.2. The highest BCUT2D eigenvalue weighted by Gasteiger charge is 2.67. The number of rotatable bonds is 9. The first kappa shape index (κ1) is 24.5. The van der Waals surface area contributed by atoms with Crippen LogP contribution in [-0.2, 0) is 35.7 Å². The van der Waals surface area contributed by atoms with Crippen LogP contribution in [0, 0.1) is 0 Å². The van der Waals surface area contributed by atoms with Crippen molar-refractivity contribution < 1.29 is 54.0 Å². The zero-order valence-corrected chi connectivity index (χ0v) is 15.1. The van der Waals surface area contributed by atoms with Crippen molar-refractivity contribution in [3.05, 3.63) is 48.6 Å². The Labute approximate surface area is 161 Å². The second-order valence-corrected chi connectivity index (χ2v) is 6.86. The second-order valence-electron chi connectivity index (χ2n) is 5.31. The number of alkyl halides is 5. The van der Waals surface area contributed by atoms with E-state index in [0.29, 0.717) is 0 Å². The van der Waals surface area contributed by atoms with Gasteiger partial charge in [0.25, 0.3) is 0 Å². The van der Waals surface area contributed by atoms with Gasteiger partial charge >= 0.3 is 39.2 Å². The first-order valence-corrected chi connectivity index (χ1v) is 8.83. The molecule has 0 saturated carbocycles. The Morgan fingerprint density at radius 2 is 1.69 bits per heavy atom. The maximum absolute atomic E-state index is 13.6. The third-order valence-electron chi connectivity index (χ3n) is 3.20. The van der Waals surface area contributed by atoms with Crippen LogP contribution in [0.4, 0.5) is 22.0 Å². The molecule has 1 aromatic carbocycles. The third kappa shape index (κ3) is 5.95. The van der Waals surface area contributed by atoms with Crippen molar-refractivity contribution in [2.24, 2.45) is 0 Å². The van der Waals surface area contributed by atoms with E-state index in [1.807, 2.05) is 0 Å². The van der Waals surface area contributed by atoms with E-state index in [1.165, 1.54) is 24.3 Å². The summed E-state index contributed by atoms with van der Waals surface area (Å²) in [6.07, 6.45) is -5.74. The Morgan fingerprint density at radius 3 is 2.14 bits per heavy atom. The van der Waals surface area contributed by atoms with Gasteiger partial charge in [-0.2, -0.15) is 30.4 Å². The molecule has 29 heavy (non-hydrogen) atoms.